The van der Waals surface area contributed by atoms with Crippen molar-refractivity contribution < 1.29 is 18.0 Å². The number of hydrogen-bond donors (Lipinski definition) is 1. The molecule has 1 atom stereocenters. The van der Waals surface area contributed by atoms with Gasteiger partial charge in [0.1, 0.15) is 12.6 Å². The van der Waals surface area contributed by atoms with Gasteiger partial charge in [-0.2, -0.15) is 0 Å². The number of carbonyl (C=O) groups excluding carboxylic acids is 2. The summed E-state index contributed by atoms with van der Waals surface area (Å²) < 4.78 is 30.8. The third kappa shape index (κ3) is 8.70. The van der Waals surface area contributed by atoms with E-state index in [1.54, 1.807) is 41.3 Å². The maximum Gasteiger partial charge on any atom is 0.264 e. The molecule has 1 aliphatic carbocycles. The lowest BCUT2D eigenvalue weighted by molar-refractivity contribution is -0.140. The van der Waals surface area contributed by atoms with Gasteiger partial charge in [0.05, 0.1) is 10.6 Å². The number of benzene rings is 4. The van der Waals surface area contributed by atoms with Crippen molar-refractivity contribution in [1.29, 1.82) is 0 Å². The number of halogens is 1. The summed E-state index contributed by atoms with van der Waals surface area (Å²) in [5.74, 6) is -0.690. The Morgan fingerprint density at radius 1 is 0.851 bits per heavy atom. The zero-order valence-electron chi connectivity index (χ0n) is 26.9. The standard InChI is InChI=1S/C38H42BrN3O4S/c1-3-31-13-7-10-16-35(31)42(47(45,46)34-23-17-28(2)18-24-34)27-37(43)41(26-30-19-21-32(39)22-20-30)36(25-29-11-5-4-6-12-29)38(44)40-33-14-8-9-15-33/h4-7,10-13,16-24,33,36H,3,8-9,14-15,25-27H2,1-2H3,(H,40,44)/t36-/m0/s1. The van der Waals surface area contributed by atoms with Gasteiger partial charge in [-0.15, -0.1) is 0 Å². The Labute approximate surface area is 287 Å². The molecule has 4 aromatic rings. The summed E-state index contributed by atoms with van der Waals surface area (Å²) in [6.07, 6.45) is 4.78. The van der Waals surface area contributed by atoms with Crippen LogP contribution in [-0.4, -0.2) is 43.8 Å². The molecule has 2 amide bonds. The summed E-state index contributed by atoms with van der Waals surface area (Å²) in [6, 6.07) is 30.4. The van der Waals surface area contributed by atoms with E-state index in [0.717, 1.165) is 52.4 Å². The first-order valence-corrected chi connectivity index (χ1v) is 18.4. The molecule has 47 heavy (non-hydrogen) atoms. The molecule has 9 heteroatoms. The quantitative estimate of drug-likeness (QED) is 0.159. The lowest BCUT2D eigenvalue weighted by Gasteiger charge is -2.34. The molecule has 5 rings (SSSR count). The van der Waals surface area contributed by atoms with E-state index in [9.17, 15) is 18.0 Å². The fourth-order valence-corrected chi connectivity index (χ4v) is 7.83. The van der Waals surface area contributed by atoms with Crippen LogP contribution < -0.4 is 9.62 Å². The molecule has 1 fully saturated rings. The number of sulfonamides is 1. The molecule has 1 saturated carbocycles. The number of anilines is 1. The van der Waals surface area contributed by atoms with Crippen LogP contribution in [0.25, 0.3) is 0 Å². The average molecular weight is 717 g/mol. The number of carbonyl (C=O) groups is 2. The van der Waals surface area contributed by atoms with Crippen LogP contribution in [0.1, 0.15) is 54.9 Å². The normalized spacial score (nSPS) is 14.0. The maximum absolute atomic E-state index is 14.7. The highest BCUT2D eigenvalue weighted by Crippen LogP contribution is 2.29. The highest BCUT2D eigenvalue weighted by Gasteiger charge is 2.36. The van der Waals surface area contributed by atoms with E-state index in [4.69, 9.17) is 0 Å². The van der Waals surface area contributed by atoms with Crippen molar-refractivity contribution in [2.45, 2.75) is 75.9 Å². The lowest BCUT2D eigenvalue weighted by Crippen LogP contribution is -2.54. The van der Waals surface area contributed by atoms with Crippen molar-refractivity contribution >= 4 is 43.5 Å². The molecule has 1 N–H and O–H groups in total. The van der Waals surface area contributed by atoms with E-state index in [1.165, 1.54) is 4.31 Å². The molecule has 4 aromatic carbocycles. The van der Waals surface area contributed by atoms with Crippen molar-refractivity contribution in [2.75, 3.05) is 10.8 Å². The van der Waals surface area contributed by atoms with E-state index in [2.05, 4.69) is 21.2 Å². The van der Waals surface area contributed by atoms with E-state index in [0.29, 0.717) is 12.1 Å². The van der Waals surface area contributed by atoms with Crippen molar-refractivity contribution in [2.24, 2.45) is 0 Å². The van der Waals surface area contributed by atoms with Crippen molar-refractivity contribution in [3.63, 3.8) is 0 Å². The zero-order chi connectivity index (χ0) is 33.4. The highest BCUT2D eigenvalue weighted by molar-refractivity contribution is 9.10. The minimum atomic E-state index is -4.15. The molecule has 7 nitrogen and oxygen atoms in total. The van der Waals surface area contributed by atoms with Gasteiger partial charge < -0.3 is 10.2 Å². The van der Waals surface area contributed by atoms with Gasteiger partial charge in [0.2, 0.25) is 11.8 Å². The Morgan fingerprint density at radius 3 is 2.15 bits per heavy atom. The Bertz CT molecular complexity index is 1760. The van der Waals surface area contributed by atoms with Crippen LogP contribution in [0.5, 0.6) is 0 Å². The van der Waals surface area contributed by atoms with E-state index in [-0.39, 0.29) is 29.8 Å². The lowest BCUT2D eigenvalue weighted by atomic mass is 10.0. The molecule has 0 aliphatic heterocycles. The number of aryl methyl sites for hydroxylation is 2. The number of nitrogens with one attached hydrogen (secondary N) is 1. The van der Waals surface area contributed by atoms with Crippen LogP contribution in [0, 0.1) is 6.92 Å². The molecule has 0 bridgehead atoms. The second-order valence-electron chi connectivity index (χ2n) is 12.2. The summed E-state index contributed by atoms with van der Waals surface area (Å²) in [7, 11) is -4.15. The first-order chi connectivity index (χ1) is 22.7. The molecule has 1 aliphatic rings. The molecule has 0 unspecified atom stereocenters. The second kappa shape index (κ2) is 15.8. The van der Waals surface area contributed by atoms with Crippen molar-refractivity contribution in [3.05, 3.63) is 130 Å². The average Bonchev–Trinajstić information content (AvgIpc) is 3.59. The fraction of sp³-hybridized carbons (Fsp3) is 0.316. The van der Waals surface area contributed by atoms with E-state index < -0.39 is 28.5 Å². The van der Waals surface area contributed by atoms with Crippen molar-refractivity contribution in [3.8, 4) is 0 Å². The molecule has 0 aromatic heterocycles. The molecule has 0 radical (unpaired) electrons. The zero-order valence-corrected chi connectivity index (χ0v) is 29.3. The Kier molecular flexibility index (Phi) is 11.5. The molecule has 246 valence electrons. The summed E-state index contributed by atoms with van der Waals surface area (Å²) in [4.78, 5) is 30.6. The highest BCUT2D eigenvalue weighted by atomic mass is 79.9. The third-order valence-corrected chi connectivity index (χ3v) is 11.1. The second-order valence-corrected chi connectivity index (χ2v) is 14.9. The molecule has 0 heterocycles. The van der Waals surface area contributed by atoms with Gasteiger partial charge in [0, 0.05) is 23.5 Å². The van der Waals surface area contributed by atoms with Gasteiger partial charge in [-0.3, -0.25) is 13.9 Å². The summed E-state index contributed by atoms with van der Waals surface area (Å²) in [5, 5.41) is 3.22. The fourth-order valence-electron chi connectivity index (χ4n) is 6.11. The predicted octanol–water partition coefficient (Wildman–Crippen LogP) is 7.21. The molecular formula is C38H42BrN3O4S. The minimum Gasteiger partial charge on any atom is -0.352 e. The Balaban J connectivity index is 1.58. The molecule has 0 spiro atoms. The first kappa shape index (κ1) is 34.4. The number of amides is 2. The summed E-state index contributed by atoms with van der Waals surface area (Å²) in [5.41, 5.74) is 3.92. The van der Waals surface area contributed by atoms with Crippen molar-refractivity contribution in [1.82, 2.24) is 10.2 Å². The summed E-state index contributed by atoms with van der Waals surface area (Å²) in [6.45, 7) is 3.52. The Morgan fingerprint density at radius 2 is 1.49 bits per heavy atom. The number of rotatable bonds is 13. The summed E-state index contributed by atoms with van der Waals surface area (Å²) >= 11 is 3.49. The van der Waals surface area contributed by atoms with Gasteiger partial charge in [0.25, 0.3) is 10.0 Å². The van der Waals surface area contributed by atoms with Crippen LogP contribution in [0.3, 0.4) is 0 Å². The predicted molar refractivity (Wildman–Crippen MR) is 191 cm³/mol. The van der Waals surface area contributed by atoms with E-state index in [1.807, 2.05) is 80.6 Å². The van der Waals surface area contributed by atoms with Crippen LogP contribution in [-0.2, 0) is 39.0 Å². The number of nitrogens with zero attached hydrogens (tertiary/aromatic N) is 2. The number of para-hydroxylation sites is 1. The Hall–Kier alpha value is -3.95. The van der Waals surface area contributed by atoms with Gasteiger partial charge in [0.15, 0.2) is 0 Å². The molecule has 0 saturated heterocycles. The van der Waals surface area contributed by atoms with Gasteiger partial charge in [-0.1, -0.05) is 114 Å². The van der Waals surface area contributed by atoms with Crippen LogP contribution in [0.2, 0.25) is 0 Å². The molecular weight excluding hydrogens is 674 g/mol. The van der Waals surface area contributed by atoms with Gasteiger partial charge in [-0.05, 0) is 73.2 Å². The minimum absolute atomic E-state index is 0.0558. The monoisotopic (exact) mass is 715 g/mol. The van der Waals surface area contributed by atoms with Crippen LogP contribution in [0.15, 0.2) is 112 Å². The van der Waals surface area contributed by atoms with Gasteiger partial charge in [-0.25, -0.2) is 8.42 Å². The SMILES string of the molecule is CCc1ccccc1N(CC(=O)N(Cc1ccc(Br)cc1)[C@@H](Cc1ccccc1)C(=O)NC1CCCC1)S(=O)(=O)c1ccc(C)cc1. The van der Waals surface area contributed by atoms with Crippen LogP contribution in [0.4, 0.5) is 5.69 Å². The number of hydrogen-bond acceptors (Lipinski definition) is 4. The maximum atomic E-state index is 14.7. The third-order valence-electron chi connectivity index (χ3n) is 8.77. The largest absolute Gasteiger partial charge is 0.352 e. The topological polar surface area (TPSA) is 86.8 Å². The smallest absolute Gasteiger partial charge is 0.264 e. The van der Waals surface area contributed by atoms with E-state index >= 15 is 0 Å². The first-order valence-electron chi connectivity index (χ1n) is 16.2. The van der Waals surface area contributed by atoms with Gasteiger partial charge >= 0.3 is 0 Å². The van der Waals surface area contributed by atoms with Crippen LogP contribution >= 0.6 is 15.9 Å².